The second-order valence-corrected chi connectivity index (χ2v) is 6.14. The molecule has 7 heteroatoms. The van der Waals surface area contributed by atoms with E-state index in [0.29, 0.717) is 18.8 Å². The molecule has 2 heterocycles. The number of nitrogens with zero attached hydrogens (tertiary/aromatic N) is 2. The van der Waals surface area contributed by atoms with Gasteiger partial charge >= 0.3 is 5.97 Å². The average Bonchev–Trinajstić information content (AvgIpc) is 2.55. The number of nitrogen functional groups attached to an aromatic ring is 1. The fourth-order valence-electron chi connectivity index (χ4n) is 2.62. The van der Waals surface area contributed by atoms with Gasteiger partial charge in [0.15, 0.2) is 17.7 Å². The zero-order chi connectivity index (χ0) is 17.9. The lowest BCUT2D eigenvalue weighted by Gasteiger charge is -2.38. The first-order valence-corrected chi connectivity index (χ1v) is 8.33. The van der Waals surface area contributed by atoms with Crippen LogP contribution >= 0.6 is 0 Å². The predicted molar refractivity (Wildman–Crippen MR) is 90.7 cm³/mol. The zero-order valence-corrected chi connectivity index (χ0v) is 14.6. The number of carbonyl (C=O) groups excluding carboxylic acids is 2. The lowest BCUT2D eigenvalue weighted by atomic mass is 10.0. The van der Waals surface area contributed by atoms with Gasteiger partial charge in [-0.1, -0.05) is 27.7 Å². The number of carbonyl (C=O) groups is 2. The molecule has 24 heavy (non-hydrogen) atoms. The highest BCUT2D eigenvalue weighted by molar-refractivity contribution is 6.04. The zero-order valence-electron chi connectivity index (χ0n) is 14.6. The van der Waals surface area contributed by atoms with Crippen molar-refractivity contribution in [2.75, 3.05) is 17.2 Å². The van der Waals surface area contributed by atoms with Crippen LogP contribution in [0.1, 0.15) is 40.5 Å². The third-order valence-corrected chi connectivity index (χ3v) is 3.85. The highest BCUT2D eigenvalue weighted by atomic mass is 16.5. The van der Waals surface area contributed by atoms with E-state index < -0.39 is 18.1 Å². The Morgan fingerprint density at radius 2 is 2.12 bits per heavy atom. The molecular weight excluding hydrogens is 310 g/mol. The van der Waals surface area contributed by atoms with Crippen LogP contribution in [0.25, 0.3) is 0 Å². The number of fused-ring (bicyclic) bond motifs is 1. The number of anilines is 2. The minimum Gasteiger partial charge on any atom is -0.476 e. The average molecular weight is 335 g/mol. The number of nitrogens with two attached hydrogens (primary N) is 1. The first-order chi connectivity index (χ1) is 11.4. The summed E-state index contributed by atoms with van der Waals surface area (Å²) in [4.78, 5) is 31.0. The Labute approximate surface area is 142 Å². The Morgan fingerprint density at radius 3 is 2.71 bits per heavy atom. The summed E-state index contributed by atoms with van der Waals surface area (Å²) in [6.45, 7) is 7.86. The topological polar surface area (TPSA) is 94.8 Å². The molecule has 0 saturated heterocycles. The molecule has 7 nitrogen and oxygen atoms in total. The molecule has 2 unspecified atom stereocenters. The van der Waals surface area contributed by atoms with Crippen molar-refractivity contribution < 1.29 is 19.1 Å². The van der Waals surface area contributed by atoms with Gasteiger partial charge in [0.1, 0.15) is 11.9 Å². The fraction of sp³-hybridized carbons (Fsp3) is 0.588. The van der Waals surface area contributed by atoms with Gasteiger partial charge in [0.05, 0.1) is 6.61 Å². The SMILES string of the molecule is CCCOC(=O)C(CC)N1C(=O)C(C(C)C)Oc2ccc(N)nc21. The van der Waals surface area contributed by atoms with Crippen LogP contribution in [-0.4, -0.2) is 35.6 Å². The van der Waals surface area contributed by atoms with Crippen LogP contribution in [0.2, 0.25) is 0 Å². The van der Waals surface area contributed by atoms with Gasteiger partial charge < -0.3 is 15.2 Å². The first kappa shape index (κ1) is 18.0. The van der Waals surface area contributed by atoms with Crippen molar-refractivity contribution in [1.82, 2.24) is 4.98 Å². The molecule has 1 aromatic heterocycles. The third-order valence-electron chi connectivity index (χ3n) is 3.85. The molecule has 1 aromatic rings. The van der Waals surface area contributed by atoms with Crippen molar-refractivity contribution in [3.05, 3.63) is 12.1 Å². The van der Waals surface area contributed by atoms with Crippen molar-refractivity contribution in [2.24, 2.45) is 5.92 Å². The molecule has 2 N–H and O–H groups in total. The Bertz CT molecular complexity index is 618. The number of esters is 1. The van der Waals surface area contributed by atoms with Crippen LogP contribution in [-0.2, 0) is 14.3 Å². The lowest BCUT2D eigenvalue weighted by Crippen LogP contribution is -2.55. The van der Waals surface area contributed by atoms with Gasteiger partial charge in [-0.05, 0) is 30.9 Å². The van der Waals surface area contributed by atoms with Crippen molar-refractivity contribution in [3.8, 4) is 5.75 Å². The maximum atomic E-state index is 12.9. The monoisotopic (exact) mass is 335 g/mol. The first-order valence-electron chi connectivity index (χ1n) is 8.33. The van der Waals surface area contributed by atoms with E-state index in [4.69, 9.17) is 15.2 Å². The highest BCUT2D eigenvalue weighted by Gasteiger charge is 2.43. The standard InChI is InChI=1S/C17H25N3O4/c1-5-9-23-17(22)11(6-2)20-15-12(7-8-13(18)19-15)24-14(10(3)4)16(20)21/h7-8,10-11,14H,5-6,9H2,1-4H3,(H2,18,19). The third kappa shape index (κ3) is 3.44. The molecule has 0 fully saturated rings. The number of aromatic nitrogens is 1. The van der Waals surface area contributed by atoms with Gasteiger partial charge in [-0.3, -0.25) is 9.69 Å². The van der Waals surface area contributed by atoms with Crippen molar-refractivity contribution in [3.63, 3.8) is 0 Å². The highest BCUT2D eigenvalue weighted by Crippen LogP contribution is 2.36. The maximum Gasteiger partial charge on any atom is 0.329 e. The minimum atomic E-state index is -0.748. The van der Waals surface area contributed by atoms with E-state index in [9.17, 15) is 9.59 Å². The minimum absolute atomic E-state index is 0.0464. The number of ether oxygens (including phenoxy) is 2. The fourth-order valence-corrected chi connectivity index (χ4v) is 2.62. The largest absolute Gasteiger partial charge is 0.476 e. The summed E-state index contributed by atoms with van der Waals surface area (Å²) in [5, 5.41) is 0. The molecule has 0 bridgehead atoms. The molecule has 0 saturated carbocycles. The molecule has 1 aliphatic heterocycles. The molecule has 2 rings (SSSR count). The molecule has 2 atom stereocenters. The lowest BCUT2D eigenvalue weighted by molar-refractivity contribution is -0.147. The van der Waals surface area contributed by atoms with Crippen LogP contribution in [0.3, 0.4) is 0 Å². The van der Waals surface area contributed by atoms with Gasteiger partial charge in [0.2, 0.25) is 0 Å². The second-order valence-electron chi connectivity index (χ2n) is 6.14. The molecule has 0 aliphatic carbocycles. The smallest absolute Gasteiger partial charge is 0.329 e. The van der Waals surface area contributed by atoms with Crippen LogP contribution in [0, 0.1) is 5.92 Å². The maximum absolute atomic E-state index is 12.9. The summed E-state index contributed by atoms with van der Waals surface area (Å²) < 4.78 is 11.0. The van der Waals surface area contributed by atoms with Crippen LogP contribution in [0.15, 0.2) is 12.1 Å². The number of hydrogen-bond donors (Lipinski definition) is 1. The van der Waals surface area contributed by atoms with E-state index in [1.165, 1.54) is 4.90 Å². The summed E-state index contributed by atoms with van der Waals surface area (Å²) >= 11 is 0. The van der Waals surface area contributed by atoms with E-state index in [-0.39, 0.29) is 23.5 Å². The van der Waals surface area contributed by atoms with Gasteiger partial charge in [-0.2, -0.15) is 0 Å². The van der Waals surface area contributed by atoms with E-state index in [1.807, 2.05) is 27.7 Å². The number of rotatable bonds is 6. The molecule has 132 valence electrons. The normalized spacial score (nSPS) is 18.1. The van der Waals surface area contributed by atoms with Gasteiger partial charge in [0.25, 0.3) is 5.91 Å². The summed E-state index contributed by atoms with van der Waals surface area (Å²) in [6.07, 6.45) is 0.459. The van der Waals surface area contributed by atoms with Gasteiger partial charge in [0, 0.05) is 0 Å². The molecule has 0 spiro atoms. The molecule has 1 amide bonds. The Kier molecular flexibility index (Phi) is 5.64. The summed E-state index contributed by atoms with van der Waals surface area (Å²) in [6, 6.07) is 2.54. The van der Waals surface area contributed by atoms with Crippen molar-refractivity contribution in [2.45, 2.75) is 52.7 Å². The molecule has 0 radical (unpaired) electrons. The Balaban J connectivity index is 2.45. The van der Waals surface area contributed by atoms with Crippen LogP contribution in [0.4, 0.5) is 11.6 Å². The molecule has 0 aromatic carbocycles. The van der Waals surface area contributed by atoms with E-state index in [2.05, 4.69) is 4.98 Å². The number of amides is 1. The number of hydrogen-bond acceptors (Lipinski definition) is 6. The van der Waals surface area contributed by atoms with Crippen LogP contribution < -0.4 is 15.4 Å². The van der Waals surface area contributed by atoms with Gasteiger partial charge in [-0.15, -0.1) is 0 Å². The van der Waals surface area contributed by atoms with Gasteiger partial charge in [-0.25, -0.2) is 9.78 Å². The van der Waals surface area contributed by atoms with E-state index in [1.54, 1.807) is 12.1 Å². The predicted octanol–water partition coefficient (Wildman–Crippen LogP) is 2.15. The summed E-state index contributed by atoms with van der Waals surface area (Å²) in [5.41, 5.74) is 5.76. The van der Waals surface area contributed by atoms with Crippen LogP contribution in [0.5, 0.6) is 5.75 Å². The van der Waals surface area contributed by atoms with E-state index in [0.717, 1.165) is 6.42 Å². The Hall–Kier alpha value is -2.31. The quantitative estimate of drug-likeness (QED) is 0.800. The summed E-state index contributed by atoms with van der Waals surface area (Å²) in [5.74, 6) is 0.203. The second kappa shape index (κ2) is 7.51. The Morgan fingerprint density at radius 1 is 1.42 bits per heavy atom. The molecular formula is C17H25N3O4. The summed E-state index contributed by atoms with van der Waals surface area (Å²) in [7, 11) is 0. The molecule has 1 aliphatic rings. The van der Waals surface area contributed by atoms with Crippen molar-refractivity contribution in [1.29, 1.82) is 0 Å². The van der Waals surface area contributed by atoms with Crippen molar-refractivity contribution >= 4 is 23.5 Å². The number of pyridine rings is 1. The van der Waals surface area contributed by atoms with E-state index >= 15 is 0 Å².